The van der Waals surface area contributed by atoms with Crippen LogP contribution in [-0.2, 0) is 10.1 Å². The largest absolute Gasteiger partial charge is 0.493 e. The fourth-order valence-electron chi connectivity index (χ4n) is 2.75. The molecule has 26 heavy (non-hydrogen) atoms. The van der Waals surface area contributed by atoms with E-state index in [2.05, 4.69) is 0 Å². The molecule has 0 bridgehead atoms. The minimum atomic E-state index is -4.00. The smallest absolute Gasteiger partial charge is 0.264 e. The van der Waals surface area contributed by atoms with Gasteiger partial charge < -0.3 is 9.15 Å². The monoisotopic (exact) mass is 374 g/mol. The molecule has 0 unspecified atom stereocenters. The van der Waals surface area contributed by atoms with Crippen molar-refractivity contribution in [3.63, 3.8) is 0 Å². The maximum Gasteiger partial charge on any atom is 0.264 e. The second-order valence-corrected chi connectivity index (χ2v) is 7.45. The Kier molecular flexibility index (Phi) is 5.11. The SMILES string of the molecule is Cc1oc2cc(OCCCS(=O)(=O)O)ccc2c(=O)c1-c1ccccc1. The Morgan fingerprint density at radius 2 is 1.85 bits per heavy atom. The number of hydrogen-bond donors (Lipinski definition) is 1. The molecule has 2 aromatic carbocycles. The zero-order chi connectivity index (χ0) is 18.7. The van der Waals surface area contributed by atoms with Crippen molar-refractivity contribution in [2.75, 3.05) is 12.4 Å². The quantitative estimate of drug-likeness (QED) is 0.525. The van der Waals surface area contributed by atoms with Crippen LogP contribution in [0, 0.1) is 6.92 Å². The molecule has 3 aromatic rings. The number of hydrogen-bond acceptors (Lipinski definition) is 5. The summed E-state index contributed by atoms with van der Waals surface area (Å²) in [6, 6.07) is 14.2. The van der Waals surface area contributed by atoms with Gasteiger partial charge >= 0.3 is 0 Å². The lowest BCUT2D eigenvalue weighted by Gasteiger charge is -2.09. The van der Waals surface area contributed by atoms with E-state index in [9.17, 15) is 13.2 Å². The molecule has 0 amide bonds. The number of aryl methyl sites for hydroxylation is 1. The zero-order valence-electron chi connectivity index (χ0n) is 14.1. The fraction of sp³-hybridized carbons (Fsp3) is 0.211. The van der Waals surface area contributed by atoms with E-state index in [1.807, 2.05) is 30.3 Å². The minimum absolute atomic E-state index is 0.118. The third-order valence-electron chi connectivity index (χ3n) is 3.92. The number of benzene rings is 2. The van der Waals surface area contributed by atoms with Crippen LogP contribution < -0.4 is 10.2 Å². The second-order valence-electron chi connectivity index (χ2n) is 5.87. The van der Waals surface area contributed by atoms with Gasteiger partial charge in [0.25, 0.3) is 10.1 Å². The maximum absolute atomic E-state index is 12.8. The van der Waals surface area contributed by atoms with Crippen LogP contribution in [0.1, 0.15) is 12.2 Å². The highest BCUT2D eigenvalue weighted by Gasteiger charge is 2.14. The van der Waals surface area contributed by atoms with Gasteiger partial charge in [-0.25, -0.2) is 0 Å². The first-order valence-corrected chi connectivity index (χ1v) is 9.67. The molecule has 6 nitrogen and oxygen atoms in total. The Labute approximate surface area is 150 Å². The summed E-state index contributed by atoms with van der Waals surface area (Å²) in [7, 11) is -4.00. The topological polar surface area (TPSA) is 93.8 Å². The molecule has 1 heterocycles. The standard InChI is InChI=1S/C19H18O6S/c1-13-18(14-6-3-2-4-7-14)19(20)16-9-8-15(12-17(16)25-13)24-10-5-11-26(21,22)23/h2-4,6-9,12H,5,10-11H2,1H3,(H,21,22,23). The summed E-state index contributed by atoms with van der Waals surface area (Å²) in [6.07, 6.45) is 0.160. The van der Waals surface area contributed by atoms with Gasteiger partial charge in [-0.15, -0.1) is 0 Å². The highest BCUT2D eigenvalue weighted by molar-refractivity contribution is 7.85. The van der Waals surface area contributed by atoms with Crippen LogP contribution in [0.4, 0.5) is 0 Å². The summed E-state index contributed by atoms with van der Waals surface area (Å²) in [6.45, 7) is 1.86. The molecule has 7 heteroatoms. The van der Waals surface area contributed by atoms with E-state index in [-0.39, 0.29) is 24.2 Å². The normalized spacial score (nSPS) is 11.6. The van der Waals surface area contributed by atoms with Gasteiger partial charge in [0.05, 0.1) is 23.3 Å². The number of fused-ring (bicyclic) bond motifs is 1. The summed E-state index contributed by atoms with van der Waals surface area (Å²) >= 11 is 0. The summed E-state index contributed by atoms with van der Waals surface area (Å²) in [5.41, 5.74) is 1.61. The highest BCUT2D eigenvalue weighted by Crippen LogP contribution is 2.26. The number of ether oxygens (including phenoxy) is 1. The van der Waals surface area contributed by atoms with Gasteiger partial charge in [0.15, 0.2) is 0 Å². The maximum atomic E-state index is 12.8. The van der Waals surface area contributed by atoms with Crippen LogP contribution in [0.15, 0.2) is 57.7 Å². The van der Waals surface area contributed by atoms with E-state index < -0.39 is 10.1 Å². The minimum Gasteiger partial charge on any atom is -0.493 e. The first-order chi connectivity index (χ1) is 12.3. The van der Waals surface area contributed by atoms with Gasteiger partial charge in [0, 0.05) is 6.07 Å². The summed E-state index contributed by atoms with van der Waals surface area (Å²) in [5, 5.41) is 0.444. The Bertz CT molecular complexity index is 1080. The van der Waals surface area contributed by atoms with Crippen molar-refractivity contribution in [3.05, 3.63) is 64.5 Å². The van der Waals surface area contributed by atoms with Crippen LogP contribution in [0.25, 0.3) is 22.1 Å². The Hall–Kier alpha value is -2.64. The number of rotatable bonds is 6. The predicted molar refractivity (Wildman–Crippen MR) is 99.2 cm³/mol. The Morgan fingerprint density at radius 3 is 2.54 bits per heavy atom. The average molecular weight is 374 g/mol. The average Bonchev–Trinajstić information content (AvgIpc) is 2.58. The van der Waals surface area contributed by atoms with Crippen molar-refractivity contribution in [2.45, 2.75) is 13.3 Å². The lowest BCUT2D eigenvalue weighted by atomic mass is 10.0. The van der Waals surface area contributed by atoms with Crippen molar-refractivity contribution >= 4 is 21.1 Å². The predicted octanol–water partition coefficient (Wildman–Crippen LogP) is 3.43. The first-order valence-electron chi connectivity index (χ1n) is 8.06. The van der Waals surface area contributed by atoms with E-state index in [1.165, 1.54) is 0 Å². The van der Waals surface area contributed by atoms with Gasteiger partial charge in [0.1, 0.15) is 17.1 Å². The van der Waals surface area contributed by atoms with Gasteiger partial charge in [-0.2, -0.15) is 8.42 Å². The molecule has 0 aliphatic rings. The van der Waals surface area contributed by atoms with Crippen LogP contribution in [-0.4, -0.2) is 25.3 Å². The van der Waals surface area contributed by atoms with E-state index in [0.717, 1.165) is 5.56 Å². The van der Waals surface area contributed by atoms with Crippen LogP contribution in [0.2, 0.25) is 0 Å². The molecule has 0 fully saturated rings. The molecule has 1 N–H and O–H groups in total. The van der Waals surface area contributed by atoms with Crippen molar-refractivity contribution < 1.29 is 22.1 Å². The van der Waals surface area contributed by atoms with Gasteiger partial charge in [-0.1, -0.05) is 30.3 Å². The molecular weight excluding hydrogens is 356 g/mol. The van der Waals surface area contributed by atoms with Crippen LogP contribution >= 0.6 is 0 Å². The molecule has 0 saturated heterocycles. The summed E-state index contributed by atoms with van der Waals surface area (Å²) < 4.78 is 41.4. The molecule has 136 valence electrons. The fourth-order valence-corrected chi connectivity index (χ4v) is 3.23. The van der Waals surface area contributed by atoms with Crippen molar-refractivity contribution in [3.8, 4) is 16.9 Å². The summed E-state index contributed by atoms with van der Waals surface area (Å²) in [5.74, 6) is 0.606. The van der Waals surface area contributed by atoms with Gasteiger partial charge in [-0.3, -0.25) is 9.35 Å². The van der Waals surface area contributed by atoms with Crippen molar-refractivity contribution in [1.82, 2.24) is 0 Å². The Balaban J connectivity index is 1.89. The lowest BCUT2D eigenvalue weighted by molar-refractivity contribution is 0.316. The van der Waals surface area contributed by atoms with Crippen LogP contribution in [0.5, 0.6) is 5.75 Å². The van der Waals surface area contributed by atoms with Gasteiger partial charge in [0.2, 0.25) is 5.43 Å². The molecular formula is C19H18O6S. The van der Waals surface area contributed by atoms with E-state index in [0.29, 0.717) is 28.0 Å². The van der Waals surface area contributed by atoms with E-state index in [4.69, 9.17) is 13.7 Å². The summed E-state index contributed by atoms with van der Waals surface area (Å²) in [4.78, 5) is 12.8. The van der Waals surface area contributed by atoms with Crippen molar-refractivity contribution in [1.29, 1.82) is 0 Å². The molecule has 0 aliphatic carbocycles. The first kappa shape index (κ1) is 18.2. The molecule has 1 aromatic heterocycles. The van der Waals surface area contributed by atoms with Crippen LogP contribution in [0.3, 0.4) is 0 Å². The molecule has 0 aliphatic heterocycles. The molecule has 3 rings (SSSR count). The van der Waals surface area contributed by atoms with E-state index >= 15 is 0 Å². The highest BCUT2D eigenvalue weighted by atomic mass is 32.2. The lowest BCUT2D eigenvalue weighted by Crippen LogP contribution is -2.09. The van der Waals surface area contributed by atoms with Crippen molar-refractivity contribution in [2.24, 2.45) is 0 Å². The molecule has 0 radical (unpaired) electrons. The second kappa shape index (κ2) is 7.31. The third-order valence-corrected chi connectivity index (χ3v) is 4.72. The Morgan fingerprint density at radius 1 is 1.12 bits per heavy atom. The third kappa shape index (κ3) is 4.12. The zero-order valence-corrected chi connectivity index (χ0v) is 15.0. The molecule has 0 spiro atoms. The molecule has 0 saturated carbocycles. The van der Waals surface area contributed by atoms with Gasteiger partial charge in [-0.05, 0) is 31.0 Å². The van der Waals surface area contributed by atoms with E-state index in [1.54, 1.807) is 25.1 Å². The molecule has 0 atom stereocenters.